The van der Waals surface area contributed by atoms with E-state index in [1.54, 1.807) is 18.2 Å². The molecule has 0 unspecified atom stereocenters. The van der Waals surface area contributed by atoms with Crippen LogP contribution in [-0.4, -0.2) is 15.9 Å². The molecule has 0 aliphatic rings. The van der Waals surface area contributed by atoms with Gasteiger partial charge in [0.05, 0.1) is 0 Å². The number of anilines is 3. The molecule has 0 saturated carbocycles. The summed E-state index contributed by atoms with van der Waals surface area (Å²) in [6.45, 7) is 5.75. The fourth-order valence-corrected chi connectivity index (χ4v) is 2.59. The van der Waals surface area contributed by atoms with Crippen LogP contribution in [0.2, 0.25) is 5.02 Å². The van der Waals surface area contributed by atoms with E-state index in [1.807, 2.05) is 51.1 Å². The average molecular weight is 367 g/mol. The number of amides is 1. The number of nitrogens with zero attached hydrogens (tertiary/aromatic N) is 2. The first-order valence-corrected chi connectivity index (χ1v) is 8.55. The molecule has 0 saturated heterocycles. The summed E-state index contributed by atoms with van der Waals surface area (Å²) in [5.41, 5.74) is 4.59. The molecule has 0 bridgehead atoms. The molecule has 1 aromatic heterocycles. The van der Waals surface area contributed by atoms with E-state index < -0.39 is 0 Å². The third kappa shape index (κ3) is 4.37. The van der Waals surface area contributed by atoms with Crippen molar-refractivity contribution in [3.8, 4) is 0 Å². The Kier molecular flexibility index (Phi) is 5.19. The summed E-state index contributed by atoms with van der Waals surface area (Å²) < 4.78 is 0. The van der Waals surface area contributed by atoms with Crippen molar-refractivity contribution in [2.45, 2.75) is 20.8 Å². The molecule has 6 heteroatoms. The summed E-state index contributed by atoms with van der Waals surface area (Å²) in [6.07, 6.45) is 0. The zero-order valence-electron chi connectivity index (χ0n) is 14.8. The van der Waals surface area contributed by atoms with Gasteiger partial charge in [-0.3, -0.25) is 4.79 Å². The van der Waals surface area contributed by atoms with Crippen molar-refractivity contribution in [3.05, 3.63) is 76.1 Å². The fourth-order valence-electron chi connectivity index (χ4n) is 2.42. The highest BCUT2D eigenvalue weighted by molar-refractivity contribution is 6.31. The Morgan fingerprint density at radius 2 is 1.69 bits per heavy atom. The molecule has 0 aliphatic carbocycles. The standard InChI is InChI=1S/C20H19ClN4O/c1-12-4-8-16(9-5-12)23-20-22-14(3)10-18(25-20)19(26)24-17-11-15(21)7-6-13(17)2/h4-11H,1-3H3,(H,24,26)(H,22,23,25). The Hall–Kier alpha value is -2.92. The Balaban J connectivity index is 1.83. The summed E-state index contributed by atoms with van der Waals surface area (Å²) in [6, 6.07) is 14.9. The molecule has 0 spiro atoms. The van der Waals surface area contributed by atoms with Crippen molar-refractivity contribution in [1.82, 2.24) is 9.97 Å². The molecule has 3 rings (SSSR count). The second-order valence-corrected chi connectivity index (χ2v) is 6.56. The van der Waals surface area contributed by atoms with Crippen LogP contribution < -0.4 is 10.6 Å². The lowest BCUT2D eigenvalue weighted by Gasteiger charge is -2.11. The van der Waals surface area contributed by atoms with Gasteiger partial charge in [0, 0.05) is 22.1 Å². The Morgan fingerprint density at radius 1 is 0.962 bits per heavy atom. The second kappa shape index (κ2) is 7.54. The molecule has 2 aromatic carbocycles. The van der Waals surface area contributed by atoms with E-state index in [2.05, 4.69) is 20.6 Å². The van der Waals surface area contributed by atoms with E-state index in [0.717, 1.165) is 16.8 Å². The Labute approximate surface area is 157 Å². The van der Waals surface area contributed by atoms with Crippen molar-refractivity contribution in [1.29, 1.82) is 0 Å². The minimum absolute atomic E-state index is 0.284. The van der Waals surface area contributed by atoms with Gasteiger partial charge in [-0.15, -0.1) is 0 Å². The molecule has 5 nitrogen and oxygen atoms in total. The molecule has 3 aromatic rings. The predicted octanol–water partition coefficient (Wildman–Crippen LogP) is 5.05. The maximum absolute atomic E-state index is 12.6. The maximum Gasteiger partial charge on any atom is 0.274 e. The zero-order valence-corrected chi connectivity index (χ0v) is 15.6. The monoisotopic (exact) mass is 366 g/mol. The fraction of sp³-hybridized carbons (Fsp3) is 0.150. The van der Waals surface area contributed by atoms with Crippen molar-refractivity contribution < 1.29 is 4.79 Å². The van der Waals surface area contributed by atoms with Crippen molar-refractivity contribution in [2.24, 2.45) is 0 Å². The quantitative estimate of drug-likeness (QED) is 0.678. The van der Waals surface area contributed by atoms with Gasteiger partial charge in [0.15, 0.2) is 0 Å². The summed E-state index contributed by atoms with van der Waals surface area (Å²) in [4.78, 5) is 21.3. The van der Waals surface area contributed by atoms with E-state index >= 15 is 0 Å². The Morgan fingerprint density at radius 3 is 2.42 bits per heavy atom. The molecule has 0 atom stereocenters. The van der Waals surface area contributed by atoms with Crippen molar-refractivity contribution in [2.75, 3.05) is 10.6 Å². The molecule has 1 heterocycles. The van der Waals surface area contributed by atoms with Crippen molar-refractivity contribution in [3.63, 3.8) is 0 Å². The third-order valence-electron chi connectivity index (χ3n) is 3.84. The highest BCUT2D eigenvalue weighted by Crippen LogP contribution is 2.21. The lowest BCUT2D eigenvalue weighted by Crippen LogP contribution is -2.16. The number of aromatic nitrogens is 2. The Bertz CT molecular complexity index is 955. The molecule has 132 valence electrons. The molecule has 0 fully saturated rings. The van der Waals surface area contributed by atoms with Gasteiger partial charge in [-0.05, 0) is 56.7 Å². The molecule has 0 radical (unpaired) electrons. The van der Waals surface area contributed by atoms with Gasteiger partial charge >= 0.3 is 0 Å². The SMILES string of the molecule is Cc1ccc(Nc2nc(C)cc(C(=O)Nc3cc(Cl)ccc3C)n2)cc1. The number of benzene rings is 2. The number of carbonyl (C=O) groups excluding carboxylic acids is 1. The van der Waals surface area contributed by atoms with Crippen LogP contribution in [0.1, 0.15) is 27.3 Å². The van der Waals surface area contributed by atoms with Crippen molar-refractivity contribution >= 4 is 34.8 Å². The molecular weight excluding hydrogens is 348 g/mol. The topological polar surface area (TPSA) is 66.9 Å². The molecule has 26 heavy (non-hydrogen) atoms. The number of halogens is 1. The smallest absolute Gasteiger partial charge is 0.274 e. The highest BCUT2D eigenvalue weighted by Gasteiger charge is 2.12. The van der Waals surface area contributed by atoms with Crippen LogP contribution in [0.4, 0.5) is 17.3 Å². The first-order valence-electron chi connectivity index (χ1n) is 8.17. The summed E-state index contributed by atoms with van der Waals surface area (Å²) in [5.74, 6) is 0.0645. The van der Waals surface area contributed by atoms with Crippen LogP contribution in [0, 0.1) is 20.8 Å². The van der Waals surface area contributed by atoms with Crippen LogP contribution in [0.3, 0.4) is 0 Å². The number of nitrogens with one attached hydrogen (secondary N) is 2. The first-order chi connectivity index (χ1) is 12.4. The van der Waals surface area contributed by atoms with Gasteiger partial charge in [-0.2, -0.15) is 0 Å². The zero-order chi connectivity index (χ0) is 18.7. The van der Waals surface area contributed by atoms with Gasteiger partial charge < -0.3 is 10.6 Å². The lowest BCUT2D eigenvalue weighted by molar-refractivity contribution is 0.102. The van der Waals surface area contributed by atoms with E-state index in [4.69, 9.17) is 11.6 Å². The van der Waals surface area contributed by atoms with Gasteiger partial charge in [-0.25, -0.2) is 9.97 Å². The number of rotatable bonds is 4. The van der Waals surface area contributed by atoms with E-state index in [-0.39, 0.29) is 11.6 Å². The molecule has 1 amide bonds. The highest BCUT2D eigenvalue weighted by atomic mass is 35.5. The number of hydrogen-bond acceptors (Lipinski definition) is 4. The maximum atomic E-state index is 12.6. The first kappa shape index (κ1) is 17.9. The van der Waals surface area contributed by atoms with E-state index in [9.17, 15) is 4.79 Å². The summed E-state index contributed by atoms with van der Waals surface area (Å²) >= 11 is 6.01. The predicted molar refractivity (Wildman–Crippen MR) is 105 cm³/mol. The van der Waals surface area contributed by atoms with Gasteiger partial charge in [0.25, 0.3) is 5.91 Å². The molecule has 0 aliphatic heterocycles. The summed E-state index contributed by atoms with van der Waals surface area (Å²) in [5, 5.41) is 6.54. The minimum atomic E-state index is -0.312. The third-order valence-corrected chi connectivity index (χ3v) is 4.08. The summed E-state index contributed by atoms with van der Waals surface area (Å²) in [7, 11) is 0. The number of carbonyl (C=O) groups is 1. The number of hydrogen-bond donors (Lipinski definition) is 2. The number of aryl methyl sites for hydroxylation is 3. The van der Waals surface area contributed by atoms with Crippen LogP contribution in [-0.2, 0) is 0 Å². The van der Waals surface area contributed by atoms with Gasteiger partial charge in [0.2, 0.25) is 5.95 Å². The van der Waals surface area contributed by atoms with Crippen LogP contribution in [0.15, 0.2) is 48.5 Å². The van der Waals surface area contributed by atoms with Crippen LogP contribution in [0.5, 0.6) is 0 Å². The lowest BCUT2D eigenvalue weighted by atomic mass is 10.2. The second-order valence-electron chi connectivity index (χ2n) is 6.12. The van der Waals surface area contributed by atoms with Crippen LogP contribution in [0.25, 0.3) is 0 Å². The van der Waals surface area contributed by atoms with E-state index in [0.29, 0.717) is 22.4 Å². The van der Waals surface area contributed by atoms with Gasteiger partial charge in [0.1, 0.15) is 5.69 Å². The van der Waals surface area contributed by atoms with E-state index in [1.165, 1.54) is 0 Å². The largest absolute Gasteiger partial charge is 0.324 e. The minimum Gasteiger partial charge on any atom is -0.324 e. The molecular formula is C20H19ClN4O. The average Bonchev–Trinajstić information content (AvgIpc) is 2.59. The van der Waals surface area contributed by atoms with Crippen LogP contribution >= 0.6 is 11.6 Å². The normalized spacial score (nSPS) is 10.5. The molecule has 2 N–H and O–H groups in total. The van der Waals surface area contributed by atoms with Gasteiger partial charge in [-0.1, -0.05) is 35.4 Å².